The van der Waals surface area contributed by atoms with Crippen molar-refractivity contribution < 1.29 is 4.79 Å². The number of amides is 1. The maximum Gasteiger partial charge on any atom is 0.255 e. The molecule has 0 saturated heterocycles. The maximum atomic E-state index is 12.4. The van der Waals surface area contributed by atoms with Gasteiger partial charge in [-0.05, 0) is 31.4 Å². The number of anilines is 1. The number of rotatable bonds is 2. The SMILES string of the molecule is Cc1cccc(C(=O)N(C)C2CCCC2)c1N. The van der Waals surface area contributed by atoms with Crippen molar-refractivity contribution in [1.82, 2.24) is 4.90 Å². The average molecular weight is 232 g/mol. The molecule has 2 N–H and O–H groups in total. The summed E-state index contributed by atoms with van der Waals surface area (Å²) in [5, 5.41) is 0. The van der Waals surface area contributed by atoms with Gasteiger partial charge in [0.15, 0.2) is 0 Å². The van der Waals surface area contributed by atoms with Crippen LogP contribution in [0.3, 0.4) is 0 Å². The number of hydrogen-bond acceptors (Lipinski definition) is 2. The molecular weight excluding hydrogens is 212 g/mol. The number of aryl methyl sites for hydroxylation is 1. The number of nitrogens with two attached hydrogens (primary N) is 1. The summed E-state index contributed by atoms with van der Waals surface area (Å²) in [5.41, 5.74) is 8.19. The lowest BCUT2D eigenvalue weighted by Crippen LogP contribution is -2.35. The lowest BCUT2D eigenvalue weighted by Gasteiger charge is -2.25. The van der Waals surface area contributed by atoms with Crippen molar-refractivity contribution in [2.45, 2.75) is 38.6 Å². The van der Waals surface area contributed by atoms with Gasteiger partial charge in [-0.1, -0.05) is 25.0 Å². The lowest BCUT2D eigenvalue weighted by molar-refractivity contribution is 0.0736. The van der Waals surface area contributed by atoms with Crippen LogP contribution < -0.4 is 5.73 Å². The predicted octanol–water partition coefficient (Wildman–Crippen LogP) is 2.59. The molecule has 1 amide bonds. The molecule has 17 heavy (non-hydrogen) atoms. The van der Waals surface area contributed by atoms with Crippen LogP contribution in [0.2, 0.25) is 0 Å². The summed E-state index contributed by atoms with van der Waals surface area (Å²) in [6.45, 7) is 1.93. The minimum atomic E-state index is 0.0538. The number of nitrogens with zero attached hydrogens (tertiary/aromatic N) is 1. The molecule has 3 heteroatoms. The van der Waals surface area contributed by atoms with Crippen molar-refractivity contribution in [2.24, 2.45) is 0 Å². The molecule has 92 valence electrons. The highest BCUT2D eigenvalue weighted by molar-refractivity contribution is 5.99. The van der Waals surface area contributed by atoms with Crippen LogP contribution in [0, 0.1) is 6.92 Å². The fourth-order valence-corrected chi connectivity index (χ4v) is 2.51. The Kier molecular flexibility index (Phi) is 3.36. The van der Waals surface area contributed by atoms with Crippen LogP contribution in [0.4, 0.5) is 5.69 Å². The molecule has 1 saturated carbocycles. The highest BCUT2D eigenvalue weighted by Crippen LogP contribution is 2.25. The third-order valence-electron chi connectivity index (χ3n) is 3.75. The number of carbonyl (C=O) groups is 1. The normalized spacial score (nSPS) is 16.1. The van der Waals surface area contributed by atoms with E-state index in [1.54, 1.807) is 0 Å². The Bertz CT molecular complexity index is 422. The molecule has 1 aliphatic rings. The summed E-state index contributed by atoms with van der Waals surface area (Å²) in [6.07, 6.45) is 4.69. The van der Waals surface area contributed by atoms with Crippen molar-refractivity contribution in [2.75, 3.05) is 12.8 Å². The van der Waals surface area contributed by atoms with Crippen molar-refractivity contribution >= 4 is 11.6 Å². The van der Waals surface area contributed by atoms with Crippen LogP contribution >= 0.6 is 0 Å². The fraction of sp³-hybridized carbons (Fsp3) is 0.500. The average Bonchev–Trinajstić information content (AvgIpc) is 2.84. The summed E-state index contributed by atoms with van der Waals surface area (Å²) >= 11 is 0. The van der Waals surface area contributed by atoms with Gasteiger partial charge in [0.1, 0.15) is 0 Å². The van der Waals surface area contributed by atoms with Crippen molar-refractivity contribution in [3.8, 4) is 0 Å². The molecule has 0 atom stereocenters. The Balaban J connectivity index is 2.21. The first-order chi connectivity index (χ1) is 8.11. The molecule has 1 aliphatic carbocycles. The van der Waals surface area contributed by atoms with E-state index in [1.165, 1.54) is 12.8 Å². The quantitative estimate of drug-likeness (QED) is 0.797. The molecule has 1 aromatic rings. The topological polar surface area (TPSA) is 46.3 Å². The third-order valence-corrected chi connectivity index (χ3v) is 3.75. The van der Waals surface area contributed by atoms with E-state index in [-0.39, 0.29) is 5.91 Å². The van der Waals surface area contributed by atoms with E-state index in [9.17, 15) is 4.79 Å². The van der Waals surface area contributed by atoms with Crippen LogP contribution in [-0.2, 0) is 0 Å². The first-order valence-electron chi connectivity index (χ1n) is 6.23. The van der Waals surface area contributed by atoms with Crippen LogP contribution in [-0.4, -0.2) is 23.9 Å². The Morgan fingerprint density at radius 3 is 2.65 bits per heavy atom. The maximum absolute atomic E-state index is 12.4. The number of hydrogen-bond donors (Lipinski definition) is 1. The van der Waals surface area contributed by atoms with Gasteiger partial charge in [0.2, 0.25) is 0 Å². The highest BCUT2D eigenvalue weighted by atomic mass is 16.2. The van der Waals surface area contributed by atoms with Gasteiger partial charge in [-0.15, -0.1) is 0 Å². The van der Waals surface area contributed by atoms with E-state index < -0.39 is 0 Å². The molecule has 1 aromatic carbocycles. The van der Waals surface area contributed by atoms with Crippen molar-refractivity contribution in [1.29, 1.82) is 0 Å². The molecule has 0 heterocycles. The summed E-state index contributed by atoms with van der Waals surface area (Å²) in [7, 11) is 1.89. The Morgan fingerprint density at radius 1 is 1.35 bits per heavy atom. The molecule has 0 radical (unpaired) electrons. The van der Waals surface area contributed by atoms with Gasteiger partial charge in [-0.3, -0.25) is 4.79 Å². The van der Waals surface area contributed by atoms with Gasteiger partial charge in [-0.2, -0.15) is 0 Å². The van der Waals surface area contributed by atoms with Gasteiger partial charge in [0, 0.05) is 18.8 Å². The van der Waals surface area contributed by atoms with E-state index in [2.05, 4.69) is 0 Å². The van der Waals surface area contributed by atoms with Crippen LogP contribution in [0.15, 0.2) is 18.2 Å². The monoisotopic (exact) mass is 232 g/mol. The highest BCUT2D eigenvalue weighted by Gasteiger charge is 2.25. The Hall–Kier alpha value is -1.51. The lowest BCUT2D eigenvalue weighted by atomic mass is 10.1. The van der Waals surface area contributed by atoms with E-state index in [0.717, 1.165) is 18.4 Å². The molecule has 0 bridgehead atoms. The van der Waals surface area contributed by atoms with E-state index in [1.807, 2.05) is 37.1 Å². The minimum Gasteiger partial charge on any atom is -0.398 e. The zero-order chi connectivity index (χ0) is 12.4. The molecule has 1 fully saturated rings. The number of nitrogen functional groups attached to an aromatic ring is 1. The van der Waals surface area contributed by atoms with Gasteiger partial charge in [-0.25, -0.2) is 0 Å². The standard InChI is InChI=1S/C14H20N2O/c1-10-6-5-9-12(13(10)15)14(17)16(2)11-7-3-4-8-11/h5-6,9,11H,3-4,7-8,15H2,1-2H3. The largest absolute Gasteiger partial charge is 0.398 e. The molecule has 0 aromatic heterocycles. The van der Waals surface area contributed by atoms with Crippen LogP contribution in [0.25, 0.3) is 0 Å². The Morgan fingerprint density at radius 2 is 2.00 bits per heavy atom. The van der Waals surface area contributed by atoms with E-state index >= 15 is 0 Å². The van der Waals surface area contributed by atoms with Gasteiger partial charge in [0.05, 0.1) is 5.56 Å². The molecule has 0 spiro atoms. The summed E-state index contributed by atoms with van der Waals surface area (Å²) in [5.74, 6) is 0.0538. The second-order valence-electron chi connectivity index (χ2n) is 4.89. The molecule has 2 rings (SSSR count). The van der Waals surface area contributed by atoms with Crippen molar-refractivity contribution in [3.63, 3.8) is 0 Å². The van der Waals surface area contributed by atoms with Gasteiger partial charge < -0.3 is 10.6 Å². The second-order valence-corrected chi connectivity index (χ2v) is 4.89. The molecule has 0 aliphatic heterocycles. The summed E-state index contributed by atoms with van der Waals surface area (Å²) in [4.78, 5) is 14.2. The second kappa shape index (κ2) is 4.78. The number of benzene rings is 1. The Labute approximate surface area is 103 Å². The van der Waals surface area contributed by atoms with E-state index in [4.69, 9.17) is 5.73 Å². The molecule has 3 nitrogen and oxygen atoms in total. The predicted molar refractivity (Wildman–Crippen MR) is 69.9 cm³/mol. The van der Waals surface area contributed by atoms with Crippen LogP contribution in [0.1, 0.15) is 41.6 Å². The molecule has 0 unspecified atom stereocenters. The fourth-order valence-electron chi connectivity index (χ4n) is 2.51. The third kappa shape index (κ3) is 2.28. The number of carbonyl (C=O) groups excluding carboxylic acids is 1. The van der Waals surface area contributed by atoms with Crippen molar-refractivity contribution in [3.05, 3.63) is 29.3 Å². The molecular formula is C14H20N2O. The summed E-state index contributed by atoms with van der Waals surface area (Å²) in [6, 6.07) is 6.03. The zero-order valence-corrected chi connectivity index (χ0v) is 10.6. The summed E-state index contributed by atoms with van der Waals surface area (Å²) < 4.78 is 0. The minimum absolute atomic E-state index is 0.0538. The number of para-hydroxylation sites is 1. The van der Waals surface area contributed by atoms with E-state index in [0.29, 0.717) is 17.3 Å². The van der Waals surface area contributed by atoms with Crippen LogP contribution in [0.5, 0.6) is 0 Å². The first kappa shape index (κ1) is 12.0. The van der Waals surface area contributed by atoms with Gasteiger partial charge >= 0.3 is 0 Å². The van der Waals surface area contributed by atoms with Gasteiger partial charge in [0.25, 0.3) is 5.91 Å². The smallest absolute Gasteiger partial charge is 0.255 e. The first-order valence-corrected chi connectivity index (χ1v) is 6.23. The zero-order valence-electron chi connectivity index (χ0n) is 10.6.